The molecule has 1 unspecified atom stereocenters. The number of ether oxygens (including phenoxy) is 1. The summed E-state index contributed by atoms with van der Waals surface area (Å²) in [5.41, 5.74) is 0.235. The van der Waals surface area contributed by atoms with E-state index in [1.54, 1.807) is 0 Å². The number of carbonyl (C=O) groups is 1. The largest absolute Gasteiger partial charge is 0.375 e. The molecule has 8 heteroatoms. The predicted octanol–water partition coefficient (Wildman–Crippen LogP) is 1.57. The minimum Gasteiger partial charge on any atom is -0.375 e. The van der Waals surface area contributed by atoms with Crippen LogP contribution < -0.4 is 10.6 Å². The SMILES string of the molecule is O=C(CC1CNCCO1)Nc1ccc([N+](=O)[O-])cc1Cl. The van der Waals surface area contributed by atoms with Crippen LogP contribution in [0.4, 0.5) is 11.4 Å². The van der Waals surface area contributed by atoms with E-state index in [9.17, 15) is 14.9 Å². The third-order valence-corrected chi connectivity index (χ3v) is 3.17. The molecule has 0 spiro atoms. The second-order valence-electron chi connectivity index (χ2n) is 4.37. The molecule has 1 aliphatic rings. The van der Waals surface area contributed by atoms with Gasteiger partial charge in [-0.15, -0.1) is 0 Å². The van der Waals surface area contributed by atoms with E-state index in [1.807, 2.05) is 0 Å². The Bertz CT molecular complexity index is 517. The maximum absolute atomic E-state index is 11.8. The van der Waals surface area contributed by atoms with Crippen molar-refractivity contribution in [2.75, 3.05) is 25.0 Å². The zero-order valence-electron chi connectivity index (χ0n) is 10.6. The summed E-state index contributed by atoms with van der Waals surface area (Å²) in [6, 6.07) is 3.91. The van der Waals surface area contributed by atoms with Gasteiger partial charge in [0.15, 0.2) is 0 Å². The first-order valence-electron chi connectivity index (χ1n) is 6.12. The van der Waals surface area contributed by atoms with Gasteiger partial charge in [-0.25, -0.2) is 0 Å². The third kappa shape index (κ3) is 3.89. The van der Waals surface area contributed by atoms with Gasteiger partial charge in [-0.3, -0.25) is 14.9 Å². The average Bonchev–Trinajstić information content (AvgIpc) is 2.42. The van der Waals surface area contributed by atoms with Crippen molar-refractivity contribution in [1.29, 1.82) is 0 Å². The van der Waals surface area contributed by atoms with Crippen molar-refractivity contribution >= 4 is 28.9 Å². The highest BCUT2D eigenvalue weighted by Crippen LogP contribution is 2.26. The lowest BCUT2D eigenvalue weighted by molar-refractivity contribution is -0.384. The number of nitrogens with zero attached hydrogens (tertiary/aromatic N) is 1. The van der Waals surface area contributed by atoms with Gasteiger partial charge in [-0.05, 0) is 6.07 Å². The van der Waals surface area contributed by atoms with Gasteiger partial charge in [-0.2, -0.15) is 0 Å². The summed E-state index contributed by atoms with van der Waals surface area (Å²) in [6.07, 6.45) is 0.0425. The number of anilines is 1. The average molecular weight is 300 g/mol. The summed E-state index contributed by atoms with van der Waals surface area (Å²) in [7, 11) is 0. The molecule has 2 rings (SSSR count). The first-order chi connectivity index (χ1) is 9.56. The molecule has 1 heterocycles. The van der Waals surface area contributed by atoms with Gasteiger partial charge in [0.1, 0.15) is 0 Å². The van der Waals surface area contributed by atoms with Crippen LogP contribution >= 0.6 is 11.6 Å². The molecule has 1 amide bonds. The van der Waals surface area contributed by atoms with Gasteiger partial charge in [0, 0.05) is 25.2 Å². The molecule has 0 saturated carbocycles. The number of hydrogen-bond donors (Lipinski definition) is 2. The quantitative estimate of drug-likeness (QED) is 0.650. The molecule has 20 heavy (non-hydrogen) atoms. The smallest absolute Gasteiger partial charge is 0.271 e. The Balaban J connectivity index is 1.95. The van der Waals surface area contributed by atoms with Crippen molar-refractivity contribution in [3.8, 4) is 0 Å². The fourth-order valence-corrected chi connectivity index (χ4v) is 2.10. The Morgan fingerprint density at radius 3 is 3.00 bits per heavy atom. The Hall–Kier alpha value is -1.70. The Kier molecular flexibility index (Phi) is 4.89. The van der Waals surface area contributed by atoms with E-state index in [-0.39, 0.29) is 29.1 Å². The van der Waals surface area contributed by atoms with Crippen LogP contribution in [0.3, 0.4) is 0 Å². The topological polar surface area (TPSA) is 93.5 Å². The van der Waals surface area contributed by atoms with Crippen LogP contribution in [0, 0.1) is 10.1 Å². The van der Waals surface area contributed by atoms with Crippen LogP contribution in [0.1, 0.15) is 6.42 Å². The molecule has 0 aromatic heterocycles. The predicted molar refractivity (Wildman–Crippen MR) is 74.0 cm³/mol. The highest BCUT2D eigenvalue weighted by atomic mass is 35.5. The monoisotopic (exact) mass is 299 g/mol. The normalized spacial score (nSPS) is 18.6. The van der Waals surface area contributed by atoms with Gasteiger partial charge in [0.25, 0.3) is 5.69 Å². The van der Waals surface area contributed by atoms with Gasteiger partial charge in [-0.1, -0.05) is 11.6 Å². The molecule has 1 saturated heterocycles. The number of hydrogen-bond acceptors (Lipinski definition) is 5. The highest BCUT2D eigenvalue weighted by molar-refractivity contribution is 6.33. The molecule has 0 radical (unpaired) electrons. The number of nitro benzene ring substituents is 1. The van der Waals surface area contributed by atoms with Gasteiger partial charge < -0.3 is 15.4 Å². The number of nitrogens with one attached hydrogen (secondary N) is 2. The van der Waals surface area contributed by atoms with Crippen molar-refractivity contribution in [3.05, 3.63) is 33.3 Å². The fraction of sp³-hybridized carbons (Fsp3) is 0.417. The Labute approximate surface area is 120 Å². The standard InChI is InChI=1S/C12H14ClN3O4/c13-10-5-8(16(18)19)1-2-11(10)15-12(17)6-9-7-14-3-4-20-9/h1-2,5,9,14H,3-4,6-7H2,(H,15,17). The van der Waals surface area contributed by atoms with Crippen LogP contribution in [0.25, 0.3) is 0 Å². The molecule has 108 valence electrons. The second kappa shape index (κ2) is 6.65. The number of nitro groups is 1. The van der Waals surface area contributed by atoms with E-state index in [4.69, 9.17) is 16.3 Å². The number of rotatable bonds is 4. The molecule has 1 atom stereocenters. The lowest BCUT2D eigenvalue weighted by atomic mass is 10.2. The second-order valence-corrected chi connectivity index (χ2v) is 4.78. The number of halogens is 1. The highest BCUT2D eigenvalue weighted by Gasteiger charge is 2.18. The molecule has 2 N–H and O–H groups in total. The van der Waals surface area contributed by atoms with E-state index in [2.05, 4.69) is 10.6 Å². The van der Waals surface area contributed by atoms with Gasteiger partial charge in [0.05, 0.1) is 34.8 Å². The molecular weight excluding hydrogens is 286 g/mol. The summed E-state index contributed by atoms with van der Waals surface area (Å²) in [5.74, 6) is -0.241. The van der Waals surface area contributed by atoms with E-state index >= 15 is 0 Å². The molecule has 0 bridgehead atoms. The lowest BCUT2D eigenvalue weighted by Gasteiger charge is -2.23. The zero-order chi connectivity index (χ0) is 14.5. The number of amides is 1. The molecule has 1 aromatic carbocycles. The minimum atomic E-state index is -0.543. The molecule has 7 nitrogen and oxygen atoms in total. The van der Waals surface area contributed by atoms with E-state index in [0.29, 0.717) is 18.8 Å². The molecular formula is C12H14ClN3O4. The summed E-state index contributed by atoms with van der Waals surface area (Å²) in [5, 5.41) is 16.5. The molecule has 1 aliphatic heterocycles. The van der Waals surface area contributed by atoms with Gasteiger partial charge >= 0.3 is 0 Å². The van der Waals surface area contributed by atoms with Crippen molar-refractivity contribution in [1.82, 2.24) is 5.32 Å². The summed E-state index contributed by atoms with van der Waals surface area (Å²) < 4.78 is 5.42. The summed E-state index contributed by atoms with van der Waals surface area (Å²) >= 11 is 5.90. The van der Waals surface area contributed by atoms with E-state index < -0.39 is 4.92 Å². The Morgan fingerprint density at radius 2 is 2.40 bits per heavy atom. The molecule has 0 aliphatic carbocycles. The van der Waals surface area contributed by atoms with Crippen LogP contribution in [-0.2, 0) is 9.53 Å². The van der Waals surface area contributed by atoms with Crippen molar-refractivity contribution in [2.24, 2.45) is 0 Å². The first kappa shape index (κ1) is 14.7. The van der Waals surface area contributed by atoms with Crippen LogP contribution in [-0.4, -0.2) is 36.6 Å². The van der Waals surface area contributed by atoms with Crippen molar-refractivity contribution in [2.45, 2.75) is 12.5 Å². The van der Waals surface area contributed by atoms with Crippen molar-refractivity contribution in [3.63, 3.8) is 0 Å². The lowest BCUT2D eigenvalue weighted by Crippen LogP contribution is -2.40. The van der Waals surface area contributed by atoms with Crippen LogP contribution in [0.2, 0.25) is 5.02 Å². The fourth-order valence-electron chi connectivity index (χ4n) is 1.88. The molecule has 1 aromatic rings. The van der Waals surface area contributed by atoms with Crippen LogP contribution in [0.15, 0.2) is 18.2 Å². The number of morpholine rings is 1. The van der Waals surface area contributed by atoms with E-state index in [1.165, 1.54) is 18.2 Å². The minimum absolute atomic E-state index is 0.118. The molecule has 1 fully saturated rings. The zero-order valence-corrected chi connectivity index (χ0v) is 11.4. The Morgan fingerprint density at radius 1 is 1.60 bits per heavy atom. The van der Waals surface area contributed by atoms with Crippen LogP contribution in [0.5, 0.6) is 0 Å². The maximum atomic E-state index is 11.8. The number of non-ortho nitro benzene ring substituents is 1. The third-order valence-electron chi connectivity index (χ3n) is 2.86. The maximum Gasteiger partial charge on any atom is 0.271 e. The first-order valence-corrected chi connectivity index (χ1v) is 6.50. The summed E-state index contributed by atoms with van der Waals surface area (Å²) in [6.45, 7) is 1.99. The summed E-state index contributed by atoms with van der Waals surface area (Å²) in [4.78, 5) is 21.9. The van der Waals surface area contributed by atoms with E-state index in [0.717, 1.165) is 6.54 Å². The number of carbonyl (C=O) groups excluding carboxylic acids is 1. The van der Waals surface area contributed by atoms with Gasteiger partial charge in [0.2, 0.25) is 5.91 Å². The number of benzene rings is 1. The van der Waals surface area contributed by atoms with Crippen molar-refractivity contribution < 1.29 is 14.5 Å².